The first-order valence-electron chi connectivity index (χ1n) is 10.3. The lowest BCUT2D eigenvalue weighted by atomic mass is 9.51. The minimum absolute atomic E-state index is 0.792. The topological polar surface area (TPSA) is 169 Å². The molecule has 0 unspecified atom stereocenters. The lowest BCUT2D eigenvalue weighted by molar-refractivity contribution is -0.240. The maximum Gasteiger partial charge on any atom is 0.343 e. The molecule has 4 N–H and O–H groups in total. The van der Waals surface area contributed by atoms with E-state index in [-0.39, 0.29) is 0 Å². The molecule has 4 aliphatic heterocycles. The van der Waals surface area contributed by atoms with E-state index in [1.54, 1.807) is 20.8 Å². The quantitative estimate of drug-likeness (QED) is 0.234. The van der Waals surface area contributed by atoms with Gasteiger partial charge in [-0.05, 0) is 12.3 Å². The van der Waals surface area contributed by atoms with Crippen LogP contribution in [0.5, 0.6) is 0 Å². The first-order chi connectivity index (χ1) is 14.3. The van der Waals surface area contributed by atoms with Crippen molar-refractivity contribution >= 4 is 17.9 Å². The first-order valence-corrected chi connectivity index (χ1v) is 10.3. The van der Waals surface area contributed by atoms with Gasteiger partial charge in [-0.25, -0.2) is 9.59 Å². The number of hydrogen-bond donors (Lipinski definition) is 4. The van der Waals surface area contributed by atoms with Crippen LogP contribution < -0.4 is 0 Å². The summed E-state index contributed by atoms with van der Waals surface area (Å²) in [6.07, 6.45) is -9.69. The molecule has 2 saturated carbocycles. The number of esters is 3. The predicted octanol–water partition coefficient (Wildman–Crippen LogP) is -2.40. The SMILES string of the molecule is C[C@@H]1C(=O)O[C@H]2[C@H](O)[C@]34[C@@H]5OC(=O)[C@]3(O[C@H]3OC(=O)[C@H](O)[C@]34[C@H](C(C)(C)C)[C@@H]5O)[C@@]12O. The Labute approximate surface area is 176 Å². The molecule has 170 valence electrons. The number of carbonyl (C=O) groups excluding carboxylic acids is 3. The van der Waals surface area contributed by atoms with Crippen LogP contribution in [0.15, 0.2) is 0 Å². The van der Waals surface area contributed by atoms with E-state index < -0.39 is 94.0 Å². The minimum Gasteiger partial charge on any atom is -0.456 e. The van der Waals surface area contributed by atoms with Crippen LogP contribution in [0.3, 0.4) is 0 Å². The molecule has 0 amide bonds. The normalized spacial score (nSPS) is 61.0. The molecule has 12 atom stereocenters. The Kier molecular flexibility index (Phi) is 3.15. The van der Waals surface area contributed by atoms with Crippen molar-refractivity contribution in [2.45, 2.75) is 75.7 Å². The molecule has 0 aromatic heterocycles. The molecule has 4 heterocycles. The van der Waals surface area contributed by atoms with Crippen molar-refractivity contribution in [3.05, 3.63) is 0 Å². The van der Waals surface area contributed by atoms with Crippen molar-refractivity contribution in [3.63, 3.8) is 0 Å². The van der Waals surface area contributed by atoms with Crippen LogP contribution in [0.1, 0.15) is 27.7 Å². The van der Waals surface area contributed by atoms with Crippen LogP contribution in [0.4, 0.5) is 0 Å². The van der Waals surface area contributed by atoms with Crippen LogP contribution in [-0.2, 0) is 33.3 Å². The highest BCUT2D eigenvalue weighted by atomic mass is 16.8. The summed E-state index contributed by atoms with van der Waals surface area (Å²) < 4.78 is 22.2. The smallest absolute Gasteiger partial charge is 0.343 e. The van der Waals surface area contributed by atoms with Crippen LogP contribution in [0.25, 0.3) is 0 Å². The summed E-state index contributed by atoms with van der Waals surface area (Å²) in [6.45, 7) is 6.63. The molecule has 0 radical (unpaired) electrons. The van der Waals surface area contributed by atoms with E-state index >= 15 is 0 Å². The molecule has 31 heavy (non-hydrogen) atoms. The average molecular weight is 440 g/mol. The maximum absolute atomic E-state index is 13.4. The molecule has 4 saturated heterocycles. The van der Waals surface area contributed by atoms with Gasteiger partial charge in [-0.3, -0.25) is 4.79 Å². The summed E-state index contributed by atoms with van der Waals surface area (Å²) in [4.78, 5) is 38.3. The Morgan fingerprint density at radius 2 is 1.58 bits per heavy atom. The Hall–Kier alpha value is -1.79. The minimum atomic E-state index is -2.40. The van der Waals surface area contributed by atoms with E-state index in [1.165, 1.54) is 6.92 Å². The Morgan fingerprint density at radius 3 is 2.19 bits per heavy atom. The largest absolute Gasteiger partial charge is 0.456 e. The second-order valence-corrected chi connectivity index (χ2v) is 10.8. The molecule has 6 rings (SSSR count). The van der Waals surface area contributed by atoms with Gasteiger partial charge in [0.25, 0.3) is 0 Å². The van der Waals surface area contributed by atoms with E-state index in [1.807, 2.05) is 0 Å². The third kappa shape index (κ3) is 1.43. The average Bonchev–Trinajstić information content (AvgIpc) is 3.35. The van der Waals surface area contributed by atoms with E-state index in [2.05, 4.69) is 0 Å². The van der Waals surface area contributed by atoms with Crippen LogP contribution in [0.2, 0.25) is 0 Å². The van der Waals surface area contributed by atoms with E-state index in [9.17, 15) is 34.8 Å². The predicted molar refractivity (Wildman–Crippen MR) is 93.4 cm³/mol. The van der Waals surface area contributed by atoms with Gasteiger partial charge in [-0.15, -0.1) is 0 Å². The van der Waals surface area contributed by atoms with Crippen LogP contribution in [0, 0.1) is 28.1 Å². The lowest BCUT2D eigenvalue weighted by Crippen LogP contribution is -2.67. The summed E-state index contributed by atoms with van der Waals surface area (Å²) >= 11 is 0. The molecule has 2 spiro atoms. The van der Waals surface area contributed by atoms with Crippen molar-refractivity contribution in [2.24, 2.45) is 28.1 Å². The molecular formula is C20H24O11. The summed E-state index contributed by atoms with van der Waals surface area (Å²) in [6, 6.07) is 0. The van der Waals surface area contributed by atoms with E-state index in [0.717, 1.165) is 0 Å². The monoisotopic (exact) mass is 440 g/mol. The summed E-state index contributed by atoms with van der Waals surface area (Å²) in [5, 5.41) is 46.1. The van der Waals surface area contributed by atoms with Gasteiger partial charge in [0, 0.05) is 5.92 Å². The Bertz CT molecular complexity index is 957. The van der Waals surface area contributed by atoms with Gasteiger partial charge < -0.3 is 39.4 Å². The van der Waals surface area contributed by atoms with Crippen molar-refractivity contribution < 1.29 is 53.8 Å². The first kappa shape index (κ1) is 19.9. The van der Waals surface area contributed by atoms with Crippen molar-refractivity contribution in [3.8, 4) is 0 Å². The zero-order valence-corrected chi connectivity index (χ0v) is 17.3. The van der Waals surface area contributed by atoms with E-state index in [0.29, 0.717) is 0 Å². The number of hydrogen-bond acceptors (Lipinski definition) is 11. The van der Waals surface area contributed by atoms with E-state index in [4.69, 9.17) is 18.9 Å². The van der Waals surface area contributed by atoms with Gasteiger partial charge in [-0.2, -0.15) is 0 Å². The fourth-order valence-electron chi connectivity index (χ4n) is 8.27. The number of aliphatic hydroxyl groups excluding tert-OH is 3. The maximum atomic E-state index is 13.4. The third-order valence-electron chi connectivity index (χ3n) is 8.95. The second-order valence-electron chi connectivity index (χ2n) is 10.8. The van der Waals surface area contributed by atoms with Gasteiger partial charge in [-0.1, -0.05) is 20.8 Å². The molecule has 2 aliphatic carbocycles. The molecule has 11 nitrogen and oxygen atoms in total. The van der Waals surface area contributed by atoms with Crippen molar-refractivity contribution in [1.29, 1.82) is 0 Å². The van der Waals surface area contributed by atoms with Gasteiger partial charge in [0.15, 0.2) is 17.8 Å². The van der Waals surface area contributed by atoms with Crippen LogP contribution in [-0.4, -0.2) is 86.3 Å². The molecule has 6 fully saturated rings. The van der Waals surface area contributed by atoms with Gasteiger partial charge in [0.05, 0.1) is 22.9 Å². The molecule has 11 heteroatoms. The molecule has 6 aliphatic rings. The zero-order chi connectivity index (χ0) is 22.7. The number of fused-ring (bicyclic) bond motifs is 1. The highest BCUT2D eigenvalue weighted by Crippen LogP contribution is 2.84. The zero-order valence-electron chi connectivity index (χ0n) is 17.3. The number of aliphatic hydroxyl groups is 4. The standard InChI is InChI=1S/C20H24O11/c1-5-12(24)28-11-8(22)18-10-6(21)7(16(2,3)4)17(18)9(23)13(25)30-15(17)31-20(18,14(26)29-10)19(5,11)27/h5-11,15,21-23,27H,1-4H3/t5-,6+,7+,8+,9+,10-,11+,15-,17-,18-,19-,20-/m1/s1. The summed E-state index contributed by atoms with van der Waals surface area (Å²) in [5.41, 5.74) is -9.40. The Balaban J connectivity index is 1.75. The Morgan fingerprint density at radius 1 is 0.935 bits per heavy atom. The third-order valence-corrected chi connectivity index (χ3v) is 8.95. The van der Waals surface area contributed by atoms with Gasteiger partial charge in [0.1, 0.15) is 12.2 Å². The van der Waals surface area contributed by atoms with Crippen molar-refractivity contribution in [1.82, 2.24) is 0 Å². The number of rotatable bonds is 0. The number of ether oxygens (including phenoxy) is 4. The lowest BCUT2D eigenvalue weighted by Gasteiger charge is -2.47. The van der Waals surface area contributed by atoms with Gasteiger partial charge in [0.2, 0.25) is 11.9 Å². The fraction of sp³-hybridized carbons (Fsp3) is 0.850. The highest BCUT2D eigenvalue weighted by molar-refractivity contribution is 5.94. The molecule has 0 aromatic rings. The highest BCUT2D eigenvalue weighted by Gasteiger charge is 3.05. The summed E-state index contributed by atoms with van der Waals surface area (Å²) in [5.74, 6) is -5.22. The molecular weight excluding hydrogens is 416 g/mol. The second kappa shape index (κ2) is 4.91. The van der Waals surface area contributed by atoms with Crippen molar-refractivity contribution in [2.75, 3.05) is 0 Å². The summed E-state index contributed by atoms with van der Waals surface area (Å²) in [7, 11) is 0. The molecule has 0 aromatic carbocycles. The van der Waals surface area contributed by atoms with Gasteiger partial charge >= 0.3 is 17.9 Å². The van der Waals surface area contributed by atoms with Crippen LogP contribution >= 0.6 is 0 Å². The fourth-order valence-corrected chi connectivity index (χ4v) is 8.27. The number of carbonyl (C=O) groups is 3. The molecule has 0 bridgehead atoms.